The zero-order valence-electron chi connectivity index (χ0n) is 14.8. The lowest BCUT2D eigenvalue weighted by Gasteiger charge is -2.32. The molecule has 1 N–H and O–H groups in total. The molecular formula is C19H28N2O2. The van der Waals surface area contributed by atoms with Crippen LogP contribution in [-0.4, -0.2) is 29.3 Å². The molecule has 126 valence electrons. The standard InChI is InChI=1S/C19H28N2O2/c1-13(2)18(23)21-12-6-7-16(21)17(22)20-19(4,5)15-10-8-14(3)9-11-15/h8-11,13,16H,6-7,12H2,1-5H3,(H,20,22). The van der Waals surface area contributed by atoms with E-state index >= 15 is 0 Å². The van der Waals surface area contributed by atoms with Crippen LogP contribution in [0, 0.1) is 12.8 Å². The number of carbonyl (C=O) groups excluding carboxylic acids is 2. The Kier molecular flexibility index (Phi) is 5.12. The molecule has 0 aliphatic carbocycles. The van der Waals surface area contributed by atoms with Crippen molar-refractivity contribution in [2.24, 2.45) is 5.92 Å². The number of hydrogen-bond acceptors (Lipinski definition) is 2. The molecule has 1 aliphatic heterocycles. The van der Waals surface area contributed by atoms with Crippen LogP contribution in [0.2, 0.25) is 0 Å². The van der Waals surface area contributed by atoms with Gasteiger partial charge < -0.3 is 10.2 Å². The topological polar surface area (TPSA) is 49.4 Å². The van der Waals surface area contributed by atoms with Gasteiger partial charge in [0.15, 0.2) is 0 Å². The molecule has 2 amide bonds. The Balaban J connectivity index is 2.11. The molecule has 2 rings (SSSR count). The fraction of sp³-hybridized carbons (Fsp3) is 0.579. The summed E-state index contributed by atoms with van der Waals surface area (Å²) in [6.45, 7) is 10.5. The smallest absolute Gasteiger partial charge is 0.243 e. The summed E-state index contributed by atoms with van der Waals surface area (Å²) in [5.41, 5.74) is 1.80. The van der Waals surface area contributed by atoms with Crippen molar-refractivity contribution in [2.45, 2.75) is 59.0 Å². The van der Waals surface area contributed by atoms with Gasteiger partial charge in [-0.15, -0.1) is 0 Å². The first-order valence-corrected chi connectivity index (χ1v) is 8.42. The van der Waals surface area contributed by atoms with Gasteiger partial charge >= 0.3 is 0 Å². The first kappa shape index (κ1) is 17.5. The number of likely N-dealkylation sites (tertiary alicyclic amines) is 1. The number of carbonyl (C=O) groups is 2. The molecule has 1 unspecified atom stereocenters. The van der Waals surface area contributed by atoms with Crippen molar-refractivity contribution in [2.75, 3.05) is 6.54 Å². The van der Waals surface area contributed by atoms with Gasteiger partial charge in [-0.25, -0.2) is 0 Å². The molecule has 23 heavy (non-hydrogen) atoms. The van der Waals surface area contributed by atoms with Crippen molar-refractivity contribution in [3.8, 4) is 0 Å². The molecule has 1 aromatic carbocycles. The number of nitrogens with one attached hydrogen (secondary N) is 1. The number of nitrogens with zero attached hydrogens (tertiary/aromatic N) is 1. The third kappa shape index (κ3) is 3.92. The van der Waals surface area contributed by atoms with E-state index in [1.807, 2.05) is 58.9 Å². The Morgan fingerprint density at radius 1 is 1.22 bits per heavy atom. The average Bonchev–Trinajstić information content (AvgIpc) is 2.95. The van der Waals surface area contributed by atoms with Gasteiger partial charge in [-0.05, 0) is 39.2 Å². The van der Waals surface area contributed by atoms with Crippen LogP contribution in [-0.2, 0) is 15.1 Å². The summed E-state index contributed by atoms with van der Waals surface area (Å²) in [6.07, 6.45) is 1.63. The van der Waals surface area contributed by atoms with Gasteiger partial charge in [0.1, 0.15) is 6.04 Å². The molecule has 1 aromatic rings. The van der Waals surface area contributed by atoms with E-state index in [9.17, 15) is 9.59 Å². The Labute approximate surface area is 139 Å². The minimum atomic E-state index is -0.458. The molecule has 1 fully saturated rings. The van der Waals surface area contributed by atoms with Gasteiger partial charge in [-0.1, -0.05) is 43.7 Å². The molecule has 0 aromatic heterocycles. The maximum atomic E-state index is 12.7. The minimum Gasteiger partial charge on any atom is -0.345 e. The van der Waals surface area contributed by atoms with E-state index in [0.29, 0.717) is 6.54 Å². The summed E-state index contributed by atoms with van der Waals surface area (Å²) in [5.74, 6) is -0.0635. The highest BCUT2D eigenvalue weighted by Crippen LogP contribution is 2.24. The Morgan fingerprint density at radius 2 is 1.83 bits per heavy atom. The lowest BCUT2D eigenvalue weighted by molar-refractivity contribution is -0.141. The minimum absolute atomic E-state index is 0.0536. The lowest BCUT2D eigenvalue weighted by atomic mass is 9.93. The van der Waals surface area contributed by atoms with Crippen LogP contribution >= 0.6 is 0 Å². The average molecular weight is 316 g/mol. The van der Waals surface area contributed by atoms with Crippen LogP contribution in [0.15, 0.2) is 24.3 Å². The van der Waals surface area contributed by atoms with Gasteiger partial charge in [-0.2, -0.15) is 0 Å². The Bertz CT molecular complexity index is 576. The Hall–Kier alpha value is -1.84. The number of aryl methyl sites for hydroxylation is 1. The van der Waals surface area contributed by atoms with E-state index in [1.54, 1.807) is 4.90 Å². The van der Waals surface area contributed by atoms with Crippen molar-refractivity contribution >= 4 is 11.8 Å². The predicted molar refractivity (Wildman–Crippen MR) is 91.9 cm³/mol. The second-order valence-electron chi connectivity index (χ2n) is 7.32. The van der Waals surface area contributed by atoms with E-state index in [0.717, 1.165) is 18.4 Å². The number of amides is 2. The third-order valence-electron chi connectivity index (χ3n) is 4.54. The quantitative estimate of drug-likeness (QED) is 0.928. The van der Waals surface area contributed by atoms with Crippen molar-refractivity contribution in [3.63, 3.8) is 0 Å². The normalized spacial score (nSPS) is 18.3. The van der Waals surface area contributed by atoms with Crippen LogP contribution < -0.4 is 5.32 Å². The first-order valence-electron chi connectivity index (χ1n) is 8.42. The van der Waals surface area contributed by atoms with Crippen LogP contribution in [0.1, 0.15) is 51.7 Å². The Morgan fingerprint density at radius 3 is 2.39 bits per heavy atom. The van der Waals surface area contributed by atoms with Crippen molar-refractivity contribution in [1.29, 1.82) is 0 Å². The summed E-state index contributed by atoms with van der Waals surface area (Å²) >= 11 is 0. The fourth-order valence-electron chi connectivity index (χ4n) is 3.07. The van der Waals surface area contributed by atoms with Crippen LogP contribution in [0.3, 0.4) is 0 Å². The third-order valence-corrected chi connectivity index (χ3v) is 4.54. The zero-order valence-corrected chi connectivity index (χ0v) is 14.8. The molecule has 1 aliphatic rings. The van der Waals surface area contributed by atoms with Crippen LogP contribution in [0.25, 0.3) is 0 Å². The van der Waals surface area contributed by atoms with E-state index in [4.69, 9.17) is 0 Å². The predicted octanol–water partition coefficient (Wildman–Crippen LogP) is 2.99. The molecule has 0 spiro atoms. The lowest BCUT2D eigenvalue weighted by Crippen LogP contribution is -2.51. The molecule has 1 heterocycles. The molecule has 0 bridgehead atoms. The van der Waals surface area contributed by atoms with Crippen LogP contribution in [0.4, 0.5) is 0 Å². The summed E-state index contributed by atoms with van der Waals surface area (Å²) in [5, 5.41) is 3.12. The first-order chi connectivity index (χ1) is 10.7. The van der Waals surface area contributed by atoms with Crippen molar-refractivity contribution in [1.82, 2.24) is 10.2 Å². The maximum Gasteiger partial charge on any atom is 0.243 e. The number of hydrogen-bond donors (Lipinski definition) is 1. The van der Waals surface area contributed by atoms with Gasteiger partial charge in [0.2, 0.25) is 11.8 Å². The second-order valence-corrected chi connectivity index (χ2v) is 7.32. The SMILES string of the molecule is Cc1ccc(C(C)(C)NC(=O)C2CCCN2C(=O)C(C)C)cc1. The molecule has 1 atom stereocenters. The van der Waals surface area contributed by atoms with Gasteiger partial charge in [0.05, 0.1) is 5.54 Å². The summed E-state index contributed by atoms with van der Waals surface area (Å²) in [7, 11) is 0. The molecule has 0 radical (unpaired) electrons. The highest BCUT2D eigenvalue weighted by atomic mass is 16.2. The molecule has 0 saturated carbocycles. The van der Waals surface area contributed by atoms with E-state index in [-0.39, 0.29) is 23.8 Å². The van der Waals surface area contributed by atoms with Crippen molar-refractivity contribution < 1.29 is 9.59 Å². The number of benzene rings is 1. The summed E-state index contributed by atoms with van der Waals surface area (Å²) in [4.78, 5) is 26.8. The largest absolute Gasteiger partial charge is 0.345 e. The highest BCUT2D eigenvalue weighted by molar-refractivity contribution is 5.89. The van der Waals surface area contributed by atoms with Crippen molar-refractivity contribution in [3.05, 3.63) is 35.4 Å². The van der Waals surface area contributed by atoms with Gasteiger partial charge in [-0.3, -0.25) is 9.59 Å². The maximum absolute atomic E-state index is 12.7. The molecular weight excluding hydrogens is 288 g/mol. The second kappa shape index (κ2) is 6.73. The number of rotatable bonds is 4. The summed E-state index contributed by atoms with van der Waals surface area (Å²) < 4.78 is 0. The van der Waals surface area contributed by atoms with Gasteiger partial charge in [0.25, 0.3) is 0 Å². The van der Waals surface area contributed by atoms with E-state index in [1.165, 1.54) is 5.56 Å². The van der Waals surface area contributed by atoms with E-state index < -0.39 is 5.54 Å². The van der Waals surface area contributed by atoms with Crippen LogP contribution in [0.5, 0.6) is 0 Å². The fourth-order valence-corrected chi connectivity index (χ4v) is 3.07. The van der Waals surface area contributed by atoms with Gasteiger partial charge in [0, 0.05) is 12.5 Å². The monoisotopic (exact) mass is 316 g/mol. The zero-order chi connectivity index (χ0) is 17.2. The molecule has 1 saturated heterocycles. The molecule has 4 heteroatoms. The van der Waals surface area contributed by atoms with E-state index in [2.05, 4.69) is 5.32 Å². The highest BCUT2D eigenvalue weighted by Gasteiger charge is 2.37. The molecule has 4 nitrogen and oxygen atoms in total. The summed E-state index contributed by atoms with van der Waals surface area (Å²) in [6, 6.07) is 7.85.